The number of fused-ring (bicyclic) bond motifs is 2. The standard InChI is InChI=1S/2C25H29.C3H4F3.CH3.2ClH.Si.Zr/c2*1-18(2)21-11-13-22(14-12-21)24-10-6-9-23-16-20(17-25(23)24)15-19-7-4-3-5-8-19;1-2-3(4,5)6;;;;;/h2*6,9-14,16-19H,3-5,7-8,15H2,1-2H3;1-2H2;1H3;2*1H;;/q4*-1;;;;. The topological polar surface area (TPSA) is 0 Å². The zero-order valence-electron chi connectivity index (χ0n) is 37.1. The van der Waals surface area contributed by atoms with Crippen LogP contribution in [0.15, 0.2) is 109 Å². The molecule has 0 spiro atoms. The third-order valence-corrected chi connectivity index (χ3v) is 12.2. The van der Waals surface area contributed by atoms with Gasteiger partial charge in [-0.2, -0.15) is 25.3 Å². The van der Waals surface area contributed by atoms with Crippen molar-refractivity contribution in [2.45, 2.75) is 129 Å². The Kier molecular flexibility index (Phi) is 24.2. The third-order valence-electron chi connectivity index (χ3n) is 12.2. The molecule has 0 aromatic heterocycles. The van der Waals surface area contributed by atoms with E-state index in [4.69, 9.17) is 0 Å². The molecule has 0 amide bonds. The van der Waals surface area contributed by atoms with Crippen LogP contribution in [0.1, 0.15) is 132 Å². The molecule has 2 aliphatic rings. The molecule has 2 saturated carbocycles. The summed E-state index contributed by atoms with van der Waals surface area (Å²) in [5.74, 6) is 2.98. The van der Waals surface area contributed by atoms with Crippen molar-refractivity contribution >= 4 is 53.2 Å². The van der Waals surface area contributed by atoms with Gasteiger partial charge in [-0.05, 0) is 58.8 Å². The van der Waals surface area contributed by atoms with E-state index in [-0.39, 0.29) is 32.2 Å². The molecule has 2 aliphatic carbocycles. The molecule has 0 N–H and O–H groups in total. The molecule has 61 heavy (non-hydrogen) atoms. The molecular formula is C54H67Cl2F3SiZr-4. The fourth-order valence-electron chi connectivity index (χ4n) is 8.88. The SMILES string of the molecule is CC(C)c1ccc(-c2cccc3[cH-]c(CC4CCCCC4)cc23)cc1.CC(C)c1ccc(-c2cccc3[cH-]c(CC4CCCCC4)cc23)cc1.Cl.Cl.[CH2-]CC(F)(F)F.[CH3-].[Si]=[Zr]. The molecule has 0 nitrogen and oxygen atoms in total. The van der Waals surface area contributed by atoms with Crippen LogP contribution in [0.2, 0.25) is 0 Å². The molecule has 0 atom stereocenters. The maximum absolute atomic E-state index is 10.7. The Bertz CT molecular complexity index is 1970. The van der Waals surface area contributed by atoms with E-state index < -0.39 is 12.6 Å². The molecule has 0 saturated heterocycles. The van der Waals surface area contributed by atoms with Crippen LogP contribution < -0.4 is 0 Å². The summed E-state index contributed by atoms with van der Waals surface area (Å²) in [6.45, 7) is 14.7. The average Bonchev–Trinajstić information content (AvgIpc) is 3.86. The second kappa shape index (κ2) is 27.0. The van der Waals surface area contributed by atoms with Gasteiger partial charge in [0.1, 0.15) is 0 Å². The summed E-state index contributed by atoms with van der Waals surface area (Å²) in [7, 11) is 0. The van der Waals surface area contributed by atoms with Gasteiger partial charge in [-0.25, -0.2) is 0 Å². The minimum absolute atomic E-state index is 0. The Balaban J connectivity index is 0.000000344. The number of benzene rings is 4. The molecule has 0 aliphatic heterocycles. The molecule has 6 aromatic carbocycles. The van der Waals surface area contributed by atoms with Crippen molar-refractivity contribution in [1.82, 2.24) is 0 Å². The number of hydrogen-bond acceptors (Lipinski definition) is 0. The van der Waals surface area contributed by atoms with Crippen LogP contribution in [0.3, 0.4) is 0 Å². The summed E-state index contributed by atoms with van der Waals surface area (Å²) in [6, 6.07) is 41.6. The van der Waals surface area contributed by atoms with Gasteiger partial charge in [-0.1, -0.05) is 170 Å². The Morgan fingerprint density at radius 1 is 0.590 bits per heavy atom. The predicted octanol–water partition coefficient (Wildman–Crippen LogP) is 17.6. The molecule has 6 aromatic rings. The van der Waals surface area contributed by atoms with Crippen molar-refractivity contribution in [3.63, 3.8) is 0 Å². The molecule has 8 rings (SSSR count). The summed E-state index contributed by atoms with van der Waals surface area (Å²) in [6.07, 6.45) is 11.8. The Hall–Kier alpha value is -2.43. The first-order valence-electron chi connectivity index (χ1n) is 21.7. The predicted molar refractivity (Wildman–Crippen MR) is 261 cm³/mol. The quantitative estimate of drug-likeness (QED) is 0.105. The summed E-state index contributed by atoms with van der Waals surface area (Å²) in [4.78, 5) is 0. The van der Waals surface area contributed by atoms with Crippen LogP contribution in [0, 0.1) is 26.2 Å². The van der Waals surface area contributed by atoms with E-state index in [1.165, 1.54) is 166 Å². The Morgan fingerprint density at radius 3 is 1.21 bits per heavy atom. The van der Waals surface area contributed by atoms with E-state index in [2.05, 4.69) is 151 Å². The Morgan fingerprint density at radius 2 is 0.918 bits per heavy atom. The molecule has 7 heteroatoms. The zero-order valence-corrected chi connectivity index (χ0v) is 42.1. The second-order valence-corrected chi connectivity index (χ2v) is 17.2. The van der Waals surface area contributed by atoms with Gasteiger partial charge in [-0.3, -0.25) is 0 Å². The van der Waals surface area contributed by atoms with Crippen LogP contribution in [-0.4, -0.2) is 13.1 Å². The first-order chi connectivity index (χ1) is 28.0. The van der Waals surface area contributed by atoms with Crippen molar-refractivity contribution in [2.24, 2.45) is 11.8 Å². The van der Waals surface area contributed by atoms with Crippen LogP contribution in [-0.2, 0) is 36.2 Å². The molecular weight excluding hydrogens is 896 g/mol. The van der Waals surface area contributed by atoms with E-state index in [1.54, 1.807) is 0 Å². The molecule has 2 radical (unpaired) electrons. The summed E-state index contributed by atoms with van der Waals surface area (Å²) < 4.78 is 32.2. The molecule has 0 bridgehead atoms. The zero-order chi connectivity index (χ0) is 41.7. The van der Waals surface area contributed by atoms with E-state index in [0.717, 1.165) is 11.8 Å². The monoisotopic (exact) mass is 960 g/mol. The van der Waals surface area contributed by atoms with Crippen molar-refractivity contribution in [1.29, 1.82) is 0 Å². The fraction of sp³-hybridized carbons (Fsp3) is 0.407. The van der Waals surface area contributed by atoms with Crippen LogP contribution in [0.4, 0.5) is 13.2 Å². The number of halogens is 5. The second-order valence-electron chi connectivity index (χ2n) is 17.2. The van der Waals surface area contributed by atoms with Gasteiger partial charge < -0.3 is 14.4 Å². The van der Waals surface area contributed by atoms with E-state index in [0.29, 0.717) is 11.8 Å². The van der Waals surface area contributed by atoms with Crippen LogP contribution in [0.5, 0.6) is 0 Å². The van der Waals surface area contributed by atoms with E-state index >= 15 is 0 Å². The summed E-state index contributed by atoms with van der Waals surface area (Å²) >= 11 is 1.36. The summed E-state index contributed by atoms with van der Waals surface area (Å²) in [5.41, 5.74) is 11.3. The summed E-state index contributed by atoms with van der Waals surface area (Å²) in [5, 5.41) is 5.64. The molecule has 0 unspecified atom stereocenters. The van der Waals surface area contributed by atoms with Gasteiger partial charge in [0.2, 0.25) is 0 Å². The molecule has 0 heterocycles. The van der Waals surface area contributed by atoms with Gasteiger partial charge >= 0.3 is 36.4 Å². The van der Waals surface area contributed by atoms with E-state index in [9.17, 15) is 13.2 Å². The molecule has 2 fully saturated rings. The van der Waals surface area contributed by atoms with Crippen LogP contribution in [0.25, 0.3) is 43.8 Å². The maximum atomic E-state index is 10.7. The normalized spacial score (nSPS) is 14.3. The molecule has 330 valence electrons. The first-order valence-corrected chi connectivity index (χ1v) is 25.8. The van der Waals surface area contributed by atoms with Gasteiger partial charge in [0.25, 0.3) is 0 Å². The van der Waals surface area contributed by atoms with Crippen molar-refractivity contribution in [3.8, 4) is 22.3 Å². The number of rotatable bonds is 8. The fourth-order valence-corrected chi connectivity index (χ4v) is 8.88. The van der Waals surface area contributed by atoms with Crippen LogP contribution >= 0.6 is 24.8 Å². The number of alkyl halides is 3. The van der Waals surface area contributed by atoms with Gasteiger partial charge in [-0.15, -0.1) is 93.9 Å². The van der Waals surface area contributed by atoms with E-state index in [1.807, 2.05) is 0 Å². The van der Waals surface area contributed by atoms with Gasteiger partial charge in [0.15, 0.2) is 0 Å². The van der Waals surface area contributed by atoms with Gasteiger partial charge in [0, 0.05) is 0 Å². The minimum atomic E-state index is -4.07. The number of hydrogen-bond donors (Lipinski definition) is 0. The first kappa shape index (κ1) is 54.7. The van der Waals surface area contributed by atoms with Crippen molar-refractivity contribution in [3.05, 3.63) is 146 Å². The Labute approximate surface area is 396 Å². The average molecular weight is 963 g/mol. The van der Waals surface area contributed by atoms with Crippen molar-refractivity contribution < 1.29 is 36.5 Å². The van der Waals surface area contributed by atoms with Crippen molar-refractivity contribution in [2.75, 3.05) is 0 Å². The van der Waals surface area contributed by atoms with Gasteiger partial charge in [0.05, 0.1) is 0 Å². The third kappa shape index (κ3) is 16.3.